The summed E-state index contributed by atoms with van der Waals surface area (Å²) in [6, 6.07) is 12.8. The second-order valence-corrected chi connectivity index (χ2v) is 8.55. The third-order valence-electron chi connectivity index (χ3n) is 6.11. The number of nitrogens with zero attached hydrogens (tertiary/aromatic N) is 2. The topological polar surface area (TPSA) is 84.0 Å². The number of amides is 3. The van der Waals surface area contributed by atoms with Crippen LogP contribution >= 0.6 is 11.6 Å². The van der Waals surface area contributed by atoms with Crippen molar-refractivity contribution in [2.75, 3.05) is 13.7 Å². The normalized spacial score (nSPS) is 21.7. The van der Waals surface area contributed by atoms with Crippen LogP contribution in [0.5, 0.6) is 5.75 Å². The van der Waals surface area contributed by atoms with Gasteiger partial charge in [0.2, 0.25) is 0 Å². The molecule has 170 valence electrons. The Hall–Kier alpha value is -3.45. The van der Waals surface area contributed by atoms with Gasteiger partial charge in [0.1, 0.15) is 12.3 Å². The molecule has 0 N–H and O–H groups in total. The Bertz CT molecular complexity index is 1160. The standard InChI is InChI=1S/C25H23ClN2O5/c1-15-7-5-11-19-22(15)25(32)28(24(19)31)27(23(30)18-10-3-4-12-20(18)26)14-21(29)16-8-6-9-17(13-16)33-2/h3-10,12-13,15,19,22H,11,14H2,1-2H3/t15-,19-,22+/m1/s1. The molecule has 0 spiro atoms. The zero-order chi connectivity index (χ0) is 23.7. The fraction of sp³-hybridized carbons (Fsp3) is 0.280. The van der Waals surface area contributed by atoms with Crippen molar-refractivity contribution >= 4 is 35.1 Å². The average molecular weight is 467 g/mol. The molecule has 1 fully saturated rings. The predicted octanol–water partition coefficient (Wildman–Crippen LogP) is 3.79. The molecule has 0 radical (unpaired) electrons. The van der Waals surface area contributed by atoms with Gasteiger partial charge in [-0.1, -0.05) is 54.9 Å². The van der Waals surface area contributed by atoms with Gasteiger partial charge in [0.05, 0.1) is 29.5 Å². The minimum atomic E-state index is -0.696. The van der Waals surface area contributed by atoms with Crippen molar-refractivity contribution in [3.05, 3.63) is 76.8 Å². The van der Waals surface area contributed by atoms with Gasteiger partial charge < -0.3 is 4.74 Å². The largest absolute Gasteiger partial charge is 0.497 e. The van der Waals surface area contributed by atoms with Crippen LogP contribution in [0, 0.1) is 17.8 Å². The second-order valence-electron chi connectivity index (χ2n) is 8.14. The number of Topliss-reactive ketones (excluding diaryl/α,β-unsaturated/α-hetero) is 1. The number of hydrogen-bond acceptors (Lipinski definition) is 5. The number of allylic oxidation sites excluding steroid dienone is 2. The summed E-state index contributed by atoms with van der Waals surface area (Å²) in [4.78, 5) is 53.3. The van der Waals surface area contributed by atoms with Gasteiger partial charge in [-0.25, -0.2) is 5.01 Å². The summed E-state index contributed by atoms with van der Waals surface area (Å²) in [5, 5.41) is 1.94. The zero-order valence-electron chi connectivity index (χ0n) is 18.2. The molecule has 7 nitrogen and oxygen atoms in total. The Kier molecular flexibility index (Phi) is 6.33. The number of imide groups is 1. The van der Waals surface area contributed by atoms with Crippen LogP contribution in [0.25, 0.3) is 0 Å². The summed E-state index contributed by atoms with van der Waals surface area (Å²) in [5.74, 6) is -2.93. The Morgan fingerprint density at radius 1 is 1.12 bits per heavy atom. The number of carbonyl (C=O) groups is 4. The molecule has 2 aliphatic rings. The van der Waals surface area contributed by atoms with Gasteiger partial charge in [-0.3, -0.25) is 19.2 Å². The molecule has 1 aliphatic carbocycles. The average Bonchev–Trinajstić information content (AvgIpc) is 3.08. The van der Waals surface area contributed by atoms with Crippen LogP contribution in [-0.4, -0.2) is 47.2 Å². The van der Waals surface area contributed by atoms with Gasteiger partial charge >= 0.3 is 0 Å². The third kappa shape index (κ3) is 4.16. The highest BCUT2D eigenvalue weighted by Crippen LogP contribution is 2.39. The van der Waals surface area contributed by atoms with E-state index in [1.165, 1.54) is 19.2 Å². The molecule has 33 heavy (non-hydrogen) atoms. The molecule has 0 unspecified atom stereocenters. The molecule has 3 atom stereocenters. The van der Waals surface area contributed by atoms with Crippen LogP contribution in [0.2, 0.25) is 5.02 Å². The fourth-order valence-corrected chi connectivity index (χ4v) is 4.62. The number of benzene rings is 2. The number of fused-ring (bicyclic) bond motifs is 1. The highest BCUT2D eigenvalue weighted by molar-refractivity contribution is 6.34. The maximum Gasteiger partial charge on any atom is 0.274 e. The Morgan fingerprint density at radius 3 is 2.58 bits per heavy atom. The number of carbonyl (C=O) groups excluding carboxylic acids is 4. The molecule has 8 heteroatoms. The van der Waals surface area contributed by atoms with Crippen molar-refractivity contribution < 1.29 is 23.9 Å². The van der Waals surface area contributed by atoms with Crippen molar-refractivity contribution in [1.29, 1.82) is 0 Å². The lowest BCUT2D eigenvalue weighted by Crippen LogP contribution is -2.52. The van der Waals surface area contributed by atoms with Crippen LogP contribution in [0.15, 0.2) is 60.7 Å². The molecule has 2 aromatic carbocycles. The summed E-state index contributed by atoms with van der Waals surface area (Å²) in [7, 11) is 1.48. The Balaban J connectivity index is 1.72. The summed E-state index contributed by atoms with van der Waals surface area (Å²) in [6.45, 7) is 1.36. The van der Waals surface area contributed by atoms with Gasteiger partial charge in [-0.05, 0) is 36.6 Å². The molecule has 0 saturated carbocycles. The molecular formula is C25H23ClN2O5. The maximum absolute atomic E-state index is 13.5. The highest BCUT2D eigenvalue weighted by atomic mass is 35.5. The molecule has 1 heterocycles. The number of methoxy groups -OCH3 is 1. The highest BCUT2D eigenvalue weighted by Gasteiger charge is 2.53. The van der Waals surface area contributed by atoms with Crippen LogP contribution in [0.1, 0.15) is 34.1 Å². The lowest BCUT2D eigenvalue weighted by molar-refractivity contribution is -0.154. The Morgan fingerprint density at radius 2 is 1.88 bits per heavy atom. The molecule has 0 bridgehead atoms. The van der Waals surface area contributed by atoms with E-state index >= 15 is 0 Å². The van der Waals surface area contributed by atoms with E-state index in [0.717, 1.165) is 10.0 Å². The van der Waals surface area contributed by atoms with Crippen LogP contribution in [0.3, 0.4) is 0 Å². The summed E-state index contributed by atoms with van der Waals surface area (Å²) in [6.07, 6.45) is 4.19. The molecule has 1 saturated heterocycles. The van der Waals surface area contributed by atoms with Gasteiger partial charge in [0.25, 0.3) is 17.7 Å². The van der Waals surface area contributed by atoms with E-state index in [1.807, 2.05) is 19.1 Å². The van der Waals surface area contributed by atoms with Crippen LogP contribution in [-0.2, 0) is 9.59 Å². The second kappa shape index (κ2) is 9.19. The minimum Gasteiger partial charge on any atom is -0.497 e. The first-order chi connectivity index (χ1) is 15.8. The summed E-state index contributed by atoms with van der Waals surface area (Å²) in [5.41, 5.74) is 0.386. The summed E-state index contributed by atoms with van der Waals surface area (Å²) < 4.78 is 5.18. The lowest BCUT2D eigenvalue weighted by atomic mass is 9.78. The monoisotopic (exact) mass is 466 g/mol. The minimum absolute atomic E-state index is 0.0965. The number of hydrazine groups is 1. The SMILES string of the molecule is COc1cccc(C(=O)CN(C(=O)c2ccccc2Cl)N2C(=O)[C@H]3[C@H](C)C=CC[C@H]3C2=O)c1. The van der Waals surface area contributed by atoms with Crippen molar-refractivity contribution in [2.45, 2.75) is 13.3 Å². The lowest BCUT2D eigenvalue weighted by Gasteiger charge is -2.30. The number of ether oxygens (including phenoxy) is 1. The van der Waals surface area contributed by atoms with Crippen molar-refractivity contribution in [3.63, 3.8) is 0 Å². The third-order valence-corrected chi connectivity index (χ3v) is 6.44. The molecule has 2 aromatic rings. The molecule has 0 aromatic heterocycles. The van der Waals surface area contributed by atoms with Gasteiger partial charge in [0, 0.05) is 5.56 Å². The van der Waals surface area contributed by atoms with Crippen molar-refractivity contribution in [1.82, 2.24) is 10.0 Å². The van der Waals surface area contributed by atoms with Crippen molar-refractivity contribution in [3.8, 4) is 5.75 Å². The van der Waals surface area contributed by atoms with Gasteiger partial charge in [0.15, 0.2) is 5.78 Å². The van der Waals surface area contributed by atoms with Gasteiger partial charge in [-0.2, -0.15) is 5.01 Å². The van der Waals surface area contributed by atoms with Crippen LogP contribution < -0.4 is 4.74 Å². The number of ketones is 1. The van der Waals surface area contributed by atoms with E-state index in [9.17, 15) is 19.2 Å². The number of hydrogen-bond donors (Lipinski definition) is 0. The van der Waals surface area contributed by atoms with E-state index in [-0.39, 0.29) is 22.1 Å². The summed E-state index contributed by atoms with van der Waals surface area (Å²) >= 11 is 6.23. The van der Waals surface area contributed by atoms with E-state index in [2.05, 4.69) is 0 Å². The first-order valence-corrected chi connectivity index (χ1v) is 11.0. The number of rotatable bonds is 6. The smallest absolute Gasteiger partial charge is 0.274 e. The van der Waals surface area contributed by atoms with E-state index in [0.29, 0.717) is 12.2 Å². The van der Waals surface area contributed by atoms with Crippen LogP contribution in [0.4, 0.5) is 0 Å². The van der Waals surface area contributed by atoms with E-state index < -0.39 is 41.9 Å². The quantitative estimate of drug-likeness (QED) is 0.367. The number of halogens is 1. The molecular weight excluding hydrogens is 444 g/mol. The van der Waals surface area contributed by atoms with Gasteiger partial charge in [-0.15, -0.1) is 0 Å². The fourth-order valence-electron chi connectivity index (χ4n) is 4.40. The van der Waals surface area contributed by atoms with E-state index in [4.69, 9.17) is 16.3 Å². The van der Waals surface area contributed by atoms with Crippen molar-refractivity contribution in [2.24, 2.45) is 17.8 Å². The maximum atomic E-state index is 13.5. The van der Waals surface area contributed by atoms with E-state index in [1.54, 1.807) is 36.4 Å². The zero-order valence-corrected chi connectivity index (χ0v) is 19.0. The first-order valence-electron chi connectivity index (χ1n) is 10.6. The molecule has 4 rings (SSSR count). The molecule has 3 amide bonds. The predicted molar refractivity (Wildman–Crippen MR) is 122 cm³/mol. The molecule has 1 aliphatic heterocycles. The Labute approximate surface area is 196 Å². The first kappa shape index (κ1) is 22.7.